The highest BCUT2D eigenvalue weighted by Gasteiger charge is 2.23. The summed E-state index contributed by atoms with van der Waals surface area (Å²) in [5.74, 6) is 0. The third-order valence-corrected chi connectivity index (χ3v) is 2.13. The molecule has 0 rings (SSSR count). The fraction of sp³-hybridized carbons (Fsp3) is 0.889. The lowest BCUT2D eigenvalue weighted by molar-refractivity contribution is -0.123. The van der Waals surface area contributed by atoms with E-state index in [1.165, 1.54) is 0 Å². The van der Waals surface area contributed by atoms with Gasteiger partial charge < -0.3 is 10.6 Å². The molecule has 0 aliphatic rings. The molecule has 0 saturated carbocycles. The number of nitrogens with zero attached hydrogens (tertiary/aromatic N) is 1. The number of rotatable bonds is 6. The molecule has 3 nitrogen and oxygen atoms in total. The van der Waals surface area contributed by atoms with Crippen LogP contribution in [0.4, 0.5) is 0 Å². The van der Waals surface area contributed by atoms with E-state index in [0.717, 1.165) is 25.8 Å². The summed E-state index contributed by atoms with van der Waals surface area (Å²) in [5, 5.41) is 0. The van der Waals surface area contributed by atoms with Gasteiger partial charge in [0, 0.05) is 12.1 Å². The summed E-state index contributed by atoms with van der Waals surface area (Å²) in [6, 6.07) is 0. The van der Waals surface area contributed by atoms with E-state index >= 15 is 0 Å². The molecule has 3 heteroatoms. The average Bonchev–Trinajstić information content (AvgIpc) is 1.99. The van der Waals surface area contributed by atoms with Gasteiger partial charge in [-0.25, -0.2) is 0 Å². The molecule has 0 atom stereocenters. The Labute approximate surface area is 74.9 Å². The van der Waals surface area contributed by atoms with Crippen molar-refractivity contribution in [1.82, 2.24) is 4.90 Å². The van der Waals surface area contributed by atoms with Crippen LogP contribution in [0.1, 0.15) is 33.6 Å². The topological polar surface area (TPSA) is 46.3 Å². The maximum Gasteiger partial charge on any atom is 0.210 e. The Morgan fingerprint density at radius 3 is 2.42 bits per heavy atom. The highest BCUT2D eigenvalue weighted by molar-refractivity contribution is 5.48. The molecule has 0 aromatic heterocycles. The van der Waals surface area contributed by atoms with Crippen molar-refractivity contribution < 1.29 is 4.79 Å². The van der Waals surface area contributed by atoms with Gasteiger partial charge in [0.15, 0.2) is 0 Å². The highest BCUT2D eigenvalue weighted by atomic mass is 16.1. The van der Waals surface area contributed by atoms with Crippen molar-refractivity contribution in [3.05, 3.63) is 0 Å². The summed E-state index contributed by atoms with van der Waals surface area (Å²) >= 11 is 0. The van der Waals surface area contributed by atoms with Crippen LogP contribution in [0.5, 0.6) is 0 Å². The van der Waals surface area contributed by atoms with Crippen molar-refractivity contribution in [2.24, 2.45) is 5.73 Å². The zero-order valence-electron chi connectivity index (χ0n) is 8.34. The fourth-order valence-electron chi connectivity index (χ4n) is 1.24. The lowest BCUT2D eigenvalue weighted by atomic mass is 9.98. The third-order valence-electron chi connectivity index (χ3n) is 2.13. The van der Waals surface area contributed by atoms with Crippen LogP contribution in [-0.2, 0) is 4.79 Å². The van der Waals surface area contributed by atoms with Crippen LogP contribution >= 0.6 is 0 Å². The smallest absolute Gasteiger partial charge is 0.210 e. The first-order chi connectivity index (χ1) is 5.58. The van der Waals surface area contributed by atoms with E-state index in [-0.39, 0.29) is 5.54 Å². The summed E-state index contributed by atoms with van der Waals surface area (Å²) in [6.07, 6.45) is 2.76. The van der Waals surface area contributed by atoms with E-state index in [2.05, 4.69) is 6.92 Å². The van der Waals surface area contributed by atoms with Crippen LogP contribution in [0, 0.1) is 0 Å². The van der Waals surface area contributed by atoms with Crippen LogP contribution in [-0.4, -0.2) is 29.9 Å². The van der Waals surface area contributed by atoms with Crippen molar-refractivity contribution in [3.63, 3.8) is 0 Å². The number of hydrogen-bond donors (Lipinski definition) is 1. The van der Waals surface area contributed by atoms with Gasteiger partial charge in [0.1, 0.15) is 0 Å². The number of carbonyl (C=O) groups excluding carboxylic acids is 1. The molecule has 0 saturated heterocycles. The molecule has 12 heavy (non-hydrogen) atoms. The van der Waals surface area contributed by atoms with Crippen molar-refractivity contribution in [2.45, 2.75) is 39.2 Å². The number of carbonyl (C=O) groups is 1. The van der Waals surface area contributed by atoms with Crippen LogP contribution in [0.15, 0.2) is 0 Å². The summed E-state index contributed by atoms with van der Waals surface area (Å²) in [6.45, 7) is 7.60. The molecule has 72 valence electrons. The van der Waals surface area contributed by atoms with Crippen molar-refractivity contribution >= 4 is 6.41 Å². The van der Waals surface area contributed by atoms with Crippen molar-refractivity contribution in [3.8, 4) is 0 Å². The standard InChI is InChI=1S/C9H20N2O/c1-4-7-11(8-12)9(2,3)5-6-10/h8H,4-7,10H2,1-3H3. The van der Waals surface area contributed by atoms with Crippen LogP contribution < -0.4 is 5.73 Å². The number of hydrogen-bond acceptors (Lipinski definition) is 2. The van der Waals surface area contributed by atoms with E-state index in [0.29, 0.717) is 6.54 Å². The van der Waals surface area contributed by atoms with E-state index in [4.69, 9.17) is 5.73 Å². The van der Waals surface area contributed by atoms with Gasteiger partial charge >= 0.3 is 0 Å². The molecule has 0 bridgehead atoms. The minimum Gasteiger partial charge on any atom is -0.340 e. The summed E-state index contributed by atoms with van der Waals surface area (Å²) in [7, 11) is 0. The minimum absolute atomic E-state index is 0.0908. The Balaban J connectivity index is 4.14. The lowest BCUT2D eigenvalue weighted by Crippen LogP contribution is -2.44. The highest BCUT2D eigenvalue weighted by Crippen LogP contribution is 2.16. The molecule has 0 aromatic rings. The van der Waals surface area contributed by atoms with Gasteiger partial charge in [-0.05, 0) is 33.2 Å². The maximum absolute atomic E-state index is 10.7. The van der Waals surface area contributed by atoms with Crippen LogP contribution in [0.25, 0.3) is 0 Å². The zero-order valence-corrected chi connectivity index (χ0v) is 8.34. The second-order valence-corrected chi connectivity index (χ2v) is 3.65. The molecule has 0 radical (unpaired) electrons. The largest absolute Gasteiger partial charge is 0.340 e. The summed E-state index contributed by atoms with van der Waals surface area (Å²) < 4.78 is 0. The van der Waals surface area contributed by atoms with E-state index in [9.17, 15) is 4.79 Å². The predicted octanol–water partition coefficient (Wildman–Crippen LogP) is 0.982. The molecule has 2 N–H and O–H groups in total. The van der Waals surface area contributed by atoms with Crippen molar-refractivity contribution in [2.75, 3.05) is 13.1 Å². The number of nitrogens with two attached hydrogens (primary N) is 1. The Morgan fingerprint density at radius 1 is 1.50 bits per heavy atom. The maximum atomic E-state index is 10.7. The zero-order chi connectivity index (χ0) is 9.61. The van der Waals surface area contributed by atoms with Gasteiger partial charge in [0.25, 0.3) is 0 Å². The molecule has 0 spiro atoms. The van der Waals surface area contributed by atoms with E-state index in [1.54, 1.807) is 0 Å². The normalized spacial score (nSPS) is 11.3. The Hall–Kier alpha value is -0.570. The first-order valence-corrected chi connectivity index (χ1v) is 4.50. The van der Waals surface area contributed by atoms with Gasteiger partial charge in [-0.2, -0.15) is 0 Å². The summed E-state index contributed by atoms with van der Waals surface area (Å²) in [5.41, 5.74) is 5.37. The Bertz CT molecular complexity index is 134. The molecular weight excluding hydrogens is 152 g/mol. The first kappa shape index (κ1) is 11.4. The number of amides is 1. The summed E-state index contributed by atoms with van der Waals surface area (Å²) in [4.78, 5) is 12.5. The minimum atomic E-state index is -0.0908. The van der Waals surface area contributed by atoms with Gasteiger partial charge in [-0.15, -0.1) is 0 Å². The second-order valence-electron chi connectivity index (χ2n) is 3.65. The van der Waals surface area contributed by atoms with Crippen LogP contribution in [0.2, 0.25) is 0 Å². The van der Waals surface area contributed by atoms with E-state index in [1.807, 2.05) is 18.7 Å². The molecule has 0 aliphatic carbocycles. The molecular formula is C9H20N2O. The van der Waals surface area contributed by atoms with Crippen molar-refractivity contribution in [1.29, 1.82) is 0 Å². The quantitative estimate of drug-likeness (QED) is 0.607. The predicted molar refractivity (Wildman–Crippen MR) is 50.8 cm³/mol. The van der Waals surface area contributed by atoms with Gasteiger partial charge in [0.05, 0.1) is 0 Å². The lowest BCUT2D eigenvalue weighted by Gasteiger charge is -2.35. The third kappa shape index (κ3) is 3.22. The monoisotopic (exact) mass is 172 g/mol. The molecule has 0 aliphatic heterocycles. The molecule has 0 heterocycles. The molecule has 0 fully saturated rings. The first-order valence-electron chi connectivity index (χ1n) is 4.50. The van der Waals surface area contributed by atoms with Gasteiger partial charge in [-0.1, -0.05) is 6.92 Å². The average molecular weight is 172 g/mol. The van der Waals surface area contributed by atoms with E-state index < -0.39 is 0 Å². The Kier molecular flexibility index (Phi) is 4.90. The molecule has 0 unspecified atom stereocenters. The van der Waals surface area contributed by atoms with Gasteiger partial charge in [0.2, 0.25) is 6.41 Å². The van der Waals surface area contributed by atoms with Crippen LogP contribution in [0.3, 0.4) is 0 Å². The van der Waals surface area contributed by atoms with Gasteiger partial charge in [-0.3, -0.25) is 4.79 Å². The molecule has 0 aromatic carbocycles. The molecule has 1 amide bonds. The Morgan fingerprint density at radius 2 is 2.08 bits per heavy atom. The second kappa shape index (κ2) is 5.14. The fourth-order valence-corrected chi connectivity index (χ4v) is 1.24. The SMILES string of the molecule is CCCN(C=O)C(C)(C)CCN.